The molecule has 0 saturated heterocycles. The molecule has 2 heterocycles. The maximum Gasteiger partial charge on any atom is 0.398 e. The number of fused-ring (bicyclic) bond motifs is 1. The lowest BCUT2D eigenvalue weighted by atomic mass is 9.98. The van der Waals surface area contributed by atoms with E-state index >= 15 is 0 Å². The van der Waals surface area contributed by atoms with Crippen LogP contribution < -0.4 is 10.6 Å². The van der Waals surface area contributed by atoms with E-state index in [1.165, 1.54) is 4.57 Å². The van der Waals surface area contributed by atoms with Crippen LogP contribution in [0.4, 0.5) is 13.2 Å². The summed E-state index contributed by atoms with van der Waals surface area (Å²) in [5, 5.41) is 13.5. The molecule has 1 aliphatic rings. The summed E-state index contributed by atoms with van der Waals surface area (Å²) in [6, 6.07) is -0.487. The van der Waals surface area contributed by atoms with E-state index in [-0.39, 0.29) is 30.2 Å². The highest BCUT2D eigenvalue weighted by Crippen LogP contribution is 2.40. The number of aromatic nitrogens is 3. The van der Waals surface area contributed by atoms with E-state index < -0.39 is 18.1 Å². The van der Waals surface area contributed by atoms with Crippen LogP contribution in [0.1, 0.15) is 58.1 Å². The van der Waals surface area contributed by atoms with Gasteiger partial charge in [-0.3, -0.25) is 10.1 Å². The largest absolute Gasteiger partial charge is 0.398 e. The van der Waals surface area contributed by atoms with Crippen LogP contribution in [-0.4, -0.2) is 38.4 Å². The molecule has 1 aliphatic heterocycles. The van der Waals surface area contributed by atoms with Crippen LogP contribution in [-0.2, 0) is 17.9 Å². The topological polar surface area (TPSA) is 71.8 Å². The van der Waals surface area contributed by atoms with Crippen molar-refractivity contribution in [2.75, 3.05) is 0 Å². The van der Waals surface area contributed by atoms with Crippen LogP contribution in [0.3, 0.4) is 0 Å². The Bertz CT molecular complexity index is 591. The number of nitrogens with one attached hydrogen (secondary N) is 2. The first-order valence-corrected chi connectivity index (χ1v) is 8.03. The molecule has 0 radical (unpaired) electrons. The number of rotatable bonds is 4. The molecule has 1 amide bonds. The van der Waals surface area contributed by atoms with Gasteiger partial charge in [-0.05, 0) is 40.5 Å². The van der Waals surface area contributed by atoms with Crippen molar-refractivity contribution in [2.45, 2.75) is 77.3 Å². The van der Waals surface area contributed by atoms with Gasteiger partial charge < -0.3 is 9.88 Å². The van der Waals surface area contributed by atoms with Gasteiger partial charge in [0.15, 0.2) is 0 Å². The average Bonchev–Trinajstić information content (AvgIpc) is 2.84. The number of amides is 1. The normalized spacial score (nSPS) is 19.7. The SMILES string of the molecule is C[C@@H](NCc1nnc2n1CCC[C@H]2C(F)(F)F)C(=O)NC(C)(C)C. The third-order valence-corrected chi connectivity index (χ3v) is 3.90. The van der Waals surface area contributed by atoms with E-state index in [0.717, 1.165) is 0 Å². The lowest BCUT2D eigenvalue weighted by molar-refractivity contribution is -0.156. The second kappa shape index (κ2) is 6.70. The maximum atomic E-state index is 13.1. The van der Waals surface area contributed by atoms with E-state index in [2.05, 4.69) is 20.8 Å². The first kappa shape index (κ1) is 18.7. The Morgan fingerprint density at radius 3 is 2.58 bits per heavy atom. The average molecular weight is 347 g/mol. The Labute approximate surface area is 139 Å². The minimum Gasteiger partial charge on any atom is -0.350 e. The number of alkyl halides is 3. The van der Waals surface area contributed by atoms with E-state index in [9.17, 15) is 18.0 Å². The number of hydrogen-bond acceptors (Lipinski definition) is 4. The number of nitrogens with zero attached hydrogens (tertiary/aromatic N) is 3. The van der Waals surface area contributed by atoms with Crippen LogP contribution in [0.15, 0.2) is 0 Å². The summed E-state index contributed by atoms with van der Waals surface area (Å²) in [4.78, 5) is 12.0. The quantitative estimate of drug-likeness (QED) is 0.875. The number of carbonyl (C=O) groups excluding carboxylic acids is 1. The molecule has 1 aromatic rings. The van der Waals surface area contributed by atoms with E-state index in [0.29, 0.717) is 18.8 Å². The van der Waals surface area contributed by atoms with Crippen molar-refractivity contribution in [1.82, 2.24) is 25.4 Å². The van der Waals surface area contributed by atoms with Crippen LogP contribution in [0.2, 0.25) is 0 Å². The number of carbonyl (C=O) groups is 1. The van der Waals surface area contributed by atoms with Crippen molar-refractivity contribution >= 4 is 5.91 Å². The Balaban J connectivity index is 2.02. The highest BCUT2D eigenvalue weighted by atomic mass is 19.4. The second-order valence-electron chi connectivity index (χ2n) is 7.20. The summed E-state index contributed by atoms with van der Waals surface area (Å²) in [7, 11) is 0. The minimum atomic E-state index is -4.31. The number of hydrogen-bond donors (Lipinski definition) is 2. The van der Waals surface area contributed by atoms with Gasteiger partial charge in [-0.15, -0.1) is 10.2 Å². The summed E-state index contributed by atoms with van der Waals surface area (Å²) in [5.41, 5.74) is -0.346. The second-order valence-corrected chi connectivity index (χ2v) is 7.20. The van der Waals surface area contributed by atoms with E-state index in [1.54, 1.807) is 6.92 Å². The Morgan fingerprint density at radius 1 is 1.33 bits per heavy atom. The van der Waals surface area contributed by atoms with Gasteiger partial charge in [0.25, 0.3) is 0 Å². The zero-order chi connectivity index (χ0) is 18.1. The standard InChI is InChI=1S/C15H24F3N5O/c1-9(13(24)20-14(2,3)4)19-8-11-21-22-12-10(15(16,17)18)6-5-7-23(11)12/h9-10,19H,5-8H2,1-4H3,(H,20,24)/t9-,10-/m1/s1. The zero-order valence-corrected chi connectivity index (χ0v) is 14.4. The monoisotopic (exact) mass is 347 g/mol. The molecular formula is C15H24F3N5O. The van der Waals surface area contributed by atoms with Gasteiger partial charge in [0, 0.05) is 12.1 Å². The molecule has 0 spiro atoms. The van der Waals surface area contributed by atoms with Crippen molar-refractivity contribution in [3.05, 3.63) is 11.6 Å². The molecule has 2 rings (SSSR count). The van der Waals surface area contributed by atoms with Crippen molar-refractivity contribution in [1.29, 1.82) is 0 Å². The van der Waals surface area contributed by atoms with Crippen LogP contribution in [0.5, 0.6) is 0 Å². The Kier molecular flexibility index (Phi) is 5.22. The molecule has 6 nitrogen and oxygen atoms in total. The molecule has 24 heavy (non-hydrogen) atoms. The van der Waals surface area contributed by atoms with Crippen molar-refractivity contribution in [3.8, 4) is 0 Å². The molecule has 2 N–H and O–H groups in total. The van der Waals surface area contributed by atoms with Crippen molar-refractivity contribution in [3.63, 3.8) is 0 Å². The highest BCUT2D eigenvalue weighted by Gasteiger charge is 2.45. The summed E-state index contributed by atoms with van der Waals surface area (Å²) >= 11 is 0. The predicted molar refractivity (Wildman–Crippen MR) is 82.2 cm³/mol. The van der Waals surface area contributed by atoms with Gasteiger partial charge in [0.05, 0.1) is 12.6 Å². The van der Waals surface area contributed by atoms with Gasteiger partial charge in [0.1, 0.15) is 17.6 Å². The molecule has 136 valence electrons. The first-order chi connectivity index (χ1) is 11.0. The molecule has 1 aromatic heterocycles. The fourth-order valence-corrected chi connectivity index (χ4v) is 2.69. The third-order valence-electron chi connectivity index (χ3n) is 3.90. The summed E-state index contributed by atoms with van der Waals surface area (Å²) < 4.78 is 40.7. The summed E-state index contributed by atoms with van der Waals surface area (Å²) in [6.07, 6.45) is -3.84. The molecule has 2 atom stereocenters. The van der Waals surface area contributed by atoms with Gasteiger partial charge in [0.2, 0.25) is 5.91 Å². The smallest absolute Gasteiger partial charge is 0.350 e. The number of halogens is 3. The fourth-order valence-electron chi connectivity index (χ4n) is 2.69. The molecule has 0 bridgehead atoms. The van der Waals surface area contributed by atoms with Gasteiger partial charge >= 0.3 is 6.18 Å². The first-order valence-electron chi connectivity index (χ1n) is 8.03. The molecule has 0 saturated carbocycles. The zero-order valence-electron chi connectivity index (χ0n) is 14.4. The fraction of sp³-hybridized carbons (Fsp3) is 0.800. The minimum absolute atomic E-state index is 0.0302. The van der Waals surface area contributed by atoms with Gasteiger partial charge in [-0.2, -0.15) is 13.2 Å². The molecule has 9 heteroatoms. The summed E-state index contributed by atoms with van der Waals surface area (Å²) in [6.45, 7) is 8.00. The highest BCUT2D eigenvalue weighted by molar-refractivity contribution is 5.81. The summed E-state index contributed by atoms with van der Waals surface area (Å²) in [5.74, 6) is -1.34. The van der Waals surface area contributed by atoms with E-state index in [4.69, 9.17) is 0 Å². The lowest BCUT2D eigenvalue weighted by Crippen LogP contribution is -2.49. The third kappa shape index (κ3) is 4.46. The lowest BCUT2D eigenvalue weighted by Gasteiger charge is -2.26. The molecular weight excluding hydrogens is 323 g/mol. The van der Waals surface area contributed by atoms with Crippen LogP contribution in [0, 0.1) is 0 Å². The van der Waals surface area contributed by atoms with Gasteiger partial charge in [-0.25, -0.2) is 0 Å². The molecule has 0 unspecified atom stereocenters. The molecule has 0 fully saturated rings. The van der Waals surface area contributed by atoms with Crippen molar-refractivity contribution < 1.29 is 18.0 Å². The Hall–Kier alpha value is -1.64. The maximum absolute atomic E-state index is 13.1. The molecule has 0 aliphatic carbocycles. The molecule has 0 aromatic carbocycles. The Morgan fingerprint density at radius 2 is 2.00 bits per heavy atom. The van der Waals surface area contributed by atoms with E-state index in [1.807, 2.05) is 20.8 Å². The van der Waals surface area contributed by atoms with Crippen LogP contribution in [0.25, 0.3) is 0 Å². The van der Waals surface area contributed by atoms with Crippen molar-refractivity contribution in [2.24, 2.45) is 0 Å². The predicted octanol–water partition coefficient (Wildman–Crippen LogP) is 2.11. The van der Waals surface area contributed by atoms with Gasteiger partial charge in [-0.1, -0.05) is 0 Å². The van der Waals surface area contributed by atoms with Crippen LogP contribution >= 0.6 is 0 Å².